The van der Waals surface area contributed by atoms with Gasteiger partial charge in [-0.1, -0.05) is 12.1 Å². The van der Waals surface area contributed by atoms with Gasteiger partial charge in [-0.25, -0.2) is 4.98 Å². The fourth-order valence-corrected chi connectivity index (χ4v) is 2.05. The molecule has 5 heteroatoms. The summed E-state index contributed by atoms with van der Waals surface area (Å²) in [6, 6.07) is 5.86. The molecule has 0 saturated heterocycles. The van der Waals surface area contributed by atoms with Gasteiger partial charge in [0.1, 0.15) is 0 Å². The normalized spacial score (nSPS) is 10.8. The number of esters is 1. The number of para-hydroxylation sites is 1. The third-order valence-electron chi connectivity index (χ3n) is 2.84. The molecule has 96 valence electrons. The zero-order valence-electron chi connectivity index (χ0n) is 10.6. The standard InChI is InChI=1S/C13H17N3O2/c1-3-18-11(17)7-8-16-12-9(2)5-4-6-10(12)15-13(16)14/h4-6H,3,7-8H2,1-2H3,(H2,14,15). The van der Waals surface area contributed by atoms with Gasteiger partial charge in [0.25, 0.3) is 0 Å². The molecule has 1 heterocycles. The van der Waals surface area contributed by atoms with E-state index in [-0.39, 0.29) is 5.97 Å². The third-order valence-corrected chi connectivity index (χ3v) is 2.84. The Labute approximate surface area is 106 Å². The highest BCUT2D eigenvalue weighted by atomic mass is 16.5. The number of carbonyl (C=O) groups excluding carboxylic acids is 1. The number of aryl methyl sites for hydroxylation is 2. The minimum absolute atomic E-state index is 0.215. The molecule has 0 radical (unpaired) electrons. The summed E-state index contributed by atoms with van der Waals surface area (Å²) in [5.41, 5.74) is 8.82. The SMILES string of the molecule is CCOC(=O)CCn1c(N)nc2cccc(C)c21. The van der Waals surface area contributed by atoms with Crippen molar-refractivity contribution in [3.05, 3.63) is 23.8 Å². The summed E-state index contributed by atoms with van der Waals surface area (Å²) in [4.78, 5) is 15.7. The zero-order chi connectivity index (χ0) is 13.1. The quantitative estimate of drug-likeness (QED) is 0.837. The number of hydrogen-bond acceptors (Lipinski definition) is 4. The number of fused-ring (bicyclic) bond motifs is 1. The van der Waals surface area contributed by atoms with Crippen molar-refractivity contribution >= 4 is 23.0 Å². The van der Waals surface area contributed by atoms with Gasteiger partial charge in [-0.05, 0) is 25.5 Å². The first-order chi connectivity index (χ1) is 8.63. The Morgan fingerprint density at radius 2 is 2.28 bits per heavy atom. The van der Waals surface area contributed by atoms with E-state index in [2.05, 4.69) is 4.98 Å². The molecule has 2 rings (SSSR count). The van der Waals surface area contributed by atoms with Crippen molar-refractivity contribution < 1.29 is 9.53 Å². The van der Waals surface area contributed by atoms with Crippen molar-refractivity contribution in [2.75, 3.05) is 12.3 Å². The number of carbonyl (C=O) groups is 1. The molecule has 0 unspecified atom stereocenters. The molecule has 0 bridgehead atoms. The first-order valence-electron chi connectivity index (χ1n) is 6.00. The largest absolute Gasteiger partial charge is 0.466 e. The summed E-state index contributed by atoms with van der Waals surface area (Å²) in [6.45, 7) is 4.69. The van der Waals surface area contributed by atoms with E-state index < -0.39 is 0 Å². The van der Waals surface area contributed by atoms with Gasteiger partial charge in [0.05, 0.1) is 24.1 Å². The number of benzene rings is 1. The van der Waals surface area contributed by atoms with E-state index in [9.17, 15) is 4.79 Å². The first-order valence-corrected chi connectivity index (χ1v) is 6.00. The Bertz CT molecular complexity index is 575. The van der Waals surface area contributed by atoms with Gasteiger partial charge < -0.3 is 15.0 Å². The summed E-state index contributed by atoms with van der Waals surface area (Å²) in [7, 11) is 0. The lowest BCUT2D eigenvalue weighted by atomic mass is 10.2. The van der Waals surface area contributed by atoms with Crippen molar-refractivity contribution in [2.24, 2.45) is 0 Å². The monoisotopic (exact) mass is 247 g/mol. The maximum absolute atomic E-state index is 11.4. The fraction of sp³-hybridized carbons (Fsp3) is 0.385. The van der Waals surface area contributed by atoms with Gasteiger partial charge in [0, 0.05) is 6.54 Å². The van der Waals surface area contributed by atoms with Crippen LogP contribution in [-0.4, -0.2) is 22.1 Å². The molecule has 1 aromatic heterocycles. The van der Waals surface area contributed by atoms with Crippen LogP contribution in [0.1, 0.15) is 18.9 Å². The Kier molecular flexibility index (Phi) is 3.50. The number of hydrogen-bond donors (Lipinski definition) is 1. The molecule has 0 saturated carbocycles. The van der Waals surface area contributed by atoms with Gasteiger partial charge in [0.2, 0.25) is 5.95 Å². The lowest BCUT2D eigenvalue weighted by molar-refractivity contribution is -0.143. The van der Waals surface area contributed by atoms with E-state index >= 15 is 0 Å². The van der Waals surface area contributed by atoms with E-state index in [4.69, 9.17) is 10.5 Å². The smallest absolute Gasteiger partial charge is 0.307 e. The molecule has 5 nitrogen and oxygen atoms in total. The summed E-state index contributed by atoms with van der Waals surface area (Å²) < 4.78 is 6.77. The van der Waals surface area contributed by atoms with E-state index in [0.29, 0.717) is 25.5 Å². The van der Waals surface area contributed by atoms with Crippen LogP contribution >= 0.6 is 0 Å². The number of nitrogens with two attached hydrogens (primary N) is 1. The molecule has 0 aliphatic rings. The van der Waals surface area contributed by atoms with E-state index in [1.807, 2.05) is 29.7 Å². The third kappa shape index (κ3) is 2.30. The number of rotatable bonds is 4. The number of anilines is 1. The van der Waals surface area contributed by atoms with E-state index in [1.165, 1.54) is 0 Å². The van der Waals surface area contributed by atoms with Crippen LogP contribution in [0.4, 0.5) is 5.95 Å². The molecule has 0 amide bonds. The molecule has 18 heavy (non-hydrogen) atoms. The molecule has 2 N–H and O–H groups in total. The lowest BCUT2D eigenvalue weighted by Gasteiger charge is -2.07. The molecule has 2 aromatic rings. The van der Waals surface area contributed by atoms with E-state index in [0.717, 1.165) is 16.6 Å². The molecule has 0 spiro atoms. The predicted molar refractivity (Wildman–Crippen MR) is 70.1 cm³/mol. The van der Waals surface area contributed by atoms with Gasteiger partial charge >= 0.3 is 5.97 Å². The highest BCUT2D eigenvalue weighted by molar-refractivity contribution is 5.81. The Morgan fingerprint density at radius 3 is 3.00 bits per heavy atom. The summed E-state index contributed by atoms with van der Waals surface area (Å²) in [5.74, 6) is 0.218. The zero-order valence-corrected chi connectivity index (χ0v) is 10.6. The number of nitrogens with zero attached hydrogens (tertiary/aromatic N) is 2. The minimum atomic E-state index is -0.215. The van der Waals surface area contributed by atoms with E-state index in [1.54, 1.807) is 6.92 Å². The van der Waals surface area contributed by atoms with Crippen LogP contribution in [0.5, 0.6) is 0 Å². The van der Waals surface area contributed by atoms with Crippen LogP contribution in [0.2, 0.25) is 0 Å². The molecule has 0 aliphatic carbocycles. The number of ether oxygens (including phenoxy) is 1. The highest BCUT2D eigenvalue weighted by Crippen LogP contribution is 2.21. The molecular weight excluding hydrogens is 230 g/mol. The molecule has 0 aliphatic heterocycles. The van der Waals surface area contributed by atoms with Crippen molar-refractivity contribution in [1.29, 1.82) is 0 Å². The maximum atomic E-state index is 11.4. The Balaban J connectivity index is 2.27. The van der Waals surface area contributed by atoms with Crippen LogP contribution in [-0.2, 0) is 16.1 Å². The Morgan fingerprint density at radius 1 is 1.50 bits per heavy atom. The molecule has 0 atom stereocenters. The van der Waals surface area contributed by atoms with Crippen molar-refractivity contribution in [3.63, 3.8) is 0 Å². The summed E-state index contributed by atoms with van der Waals surface area (Å²) in [5, 5.41) is 0. The van der Waals surface area contributed by atoms with Crippen LogP contribution in [0, 0.1) is 6.92 Å². The number of imidazole rings is 1. The molecule has 1 aromatic carbocycles. The van der Waals surface area contributed by atoms with Crippen molar-refractivity contribution in [2.45, 2.75) is 26.8 Å². The topological polar surface area (TPSA) is 70.1 Å². The maximum Gasteiger partial charge on any atom is 0.307 e. The summed E-state index contributed by atoms with van der Waals surface area (Å²) >= 11 is 0. The molecule has 0 fully saturated rings. The summed E-state index contributed by atoms with van der Waals surface area (Å²) in [6.07, 6.45) is 0.303. The first kappa shape index (κ1) is 12.4. The van der Waals surface area contributed by atoms with Crippen molar-refractivity contribution in [3.8, 4) is 0 Å². The van der Waals surface area contributed by atoms with Crippen LogP contribution in [0.3, 0.4) is 0 Å². The van der Waals surface area contributed by atoms with Gasteiger partial charge in [-0.2, -0.15) is 0 Å². The Hall–Kier alpha value is -2.04. The lowest BCUT2D eigenvalue weighted by Crippen LogP contribution is -2.11. The second kappa shape index (κ2) is 5.08. The number of nitrogen functional groups attached to an aromatic ring is 1. The number of aromatic nitrogens is 2. The second-order valence-electron chi connectivity index (χ2n) is 4.12. The van der Waals surface area contributed by atoms with Crippen molar-refractivity contribution in [1.82, 2.24) is 9.55 Å². The van der Waals surface area contributed by atoms with Crippen LogP contribution in [0.15, 0.2) is 18.2 Å². The molecular formula is C13H17N3O2. The van der Waals surface area contributed by atoms with Gasteiger partial charge in [-0.3, -0.25) is 4.79 Å². The van der Waals surface area contributed by atoms with Crippen LogP contribution in [0.25, 0.3) is 11.0 Å². The fourth-order valence-electron chi connectivity index (χ4n) is 2.05. The predicted octanol–water partition coefficient (Wildman–Crippen LogP) is 1.88. The second-order valence-corrected chi connectivity index (χ2v) is 4.12. The highest BCUT2D eigenvalue weighted by Gasteiger charge is 2.11. The van der Waals surface area contributed by atoms with Crippen LogP contribution < -0.4 is 5.73 Å². The average Bonchev–Trinajstić information content (AvgIpc) is 2.64. The average molecular weight is 247 g/mol. The minimum Gasteiger partial charge on any atom is -0.466 e. The van der Waals surface area contributed by atoms with Gasteiger partial charge in [-0.15, -0.1) is 0 Å². The van der Waals surface area contributed by atoms with Gasteiger partial charge in [0.15, 0.2) is 0 Å².